The number of hydrogen-bond donors (Lipinski definition) is 1. The Morgan fingerprint density at radius 3 is 2.82 bits per heavy atom. The zero-order chi connectivity index (χ0) is 19.7. The molecule has 140 valence electrons. The molecule has 1 aromatic heterocycles. The first-order valence-corrected chi connectivity index (χ1v) is 9.58. The van der Waals surface area contributed by atoms with Crippen LogP contribution in [0.4, 0.5) is 11.4 Å². The number of rotatable bonds is 5. The summed E-state index contributed by atoms with van der Waals surface area (Å²) in [6, 6.07) is 8.05. The van der Waals surface area contributed by atoms with E-state index in [1.54, 1.807) is 43.4 Å². The maximum Gasteiger partial charge on any atom is 0.252 e. The average Bonchev–Trinajstić information content (AvgIpc) is 3.10. The standard InChI is InChI=1S/C20H17N5O2S/c1-3-25-15-6-4-5-7-16(15)28-17(25)10-13-18(20(27)19(13)26)24-23-12(2)14-11-21-8-9-22-14/h4-11,24H,3H2,1-2H3. The van der Waals surface area contributed by atoms with Gasteiger partial charge in [0.1, 0.15) is 11.4 Å². The van der Waals surface area contributed by atoms with Crippen molar-refractivity contribution in [3.05, 3.63) is 79.6 Å². The van der Waals surface area contributed by atoms with Crippen LogP contribution in [0, 0.1) is 0 Å². The lowest BCUT2D eigenvalue weighted by molar-refractivity contribution is 1.01. The van der Waals surface area contributed by atoms with E-state index in [-0.39, 0.29) is 5.69 Å². The third-order valence-electron chi connectivity index (χ3n) is 4.44. The van der Waals surface area contributed by atoms with Crippen molar-refractivity contribution < 1.29 is 0 Å². The minimum Gasteiger partial charge on any atom is -0.335 e. The molecule has 0 amide bonds. The van der Waals surface area contributed by atoms with E-state index in [1.807, 2.05) is 31.2 Å². The molecule has 0 saturated carbocycles. The summed E-state index contributed by atoms with van der Waals surface area (Å²) in [4.78, 5) is 35.6. The molecular formula is C20H17N5O2S. The average molecular weight is 391 g/mol. The molecule has 4 rings (SSSR count). The first kappa shape index (κ1) is 18.1. The first-order valence-electron chi connectivity index (χ1n) is 8.76. The maximum absolute atomic E-state index is 12.2. The topological polar surface area (TPSA) is 87.5 Å². The van der Waals surface area contributed by atoms with Crippen LogP contribution in [0.2, 0.25) is 0 Å². The molecule has 0 aliphatic carbocycles. The summed E-state index contributed by atoms with van der Waals surface area (Å²) in [5, 5.41) is 5.10. The summed E-state index contributed by atoms with van der Waals surface area (Å²) in [7, 11) is 0. The number of thioether (sulfide) groups is 1. The monoisotopic (exact) mass is 391 g/mol. The Balaban J connectivity index is 1.63. The molecule has 8 heteroatoms. The number of aromatic nitrogens is 2. The lowest BCUT2D eigenvalue weighted by atomic mass is 10.1. The molecule has 3 aromatic rings. The van der Waals surface area contributed by atoms with Crippen LogP contribution in [0.1, 0.15) is 25.1 Å². The van der Waals surface area contributed by atoms with Gasteiger partial charge in [-0.05, 0) is 32.1 Å². The number of hydrazone groups is 1. The van der Waals surface area contributed by atoms with Gasteiger partial charge in [0, 0.05) is 23.8 Å². The molecule has 2 aromatic carbocycles. The van der Waals surface area contributed by atoms with Gasteiger partial charge >= 0.3 is 0 Å². The highest BCUT2D eigenvalue weighted by atomic mass is 32.2. The van der Waals surface area contributed by atoms with E-state index in [0.29, 0.717) is 17.0 Å². The molecule has 0 unspecified atom stereocenters. The minimum atomic E-state index is -0.564. The second kappa shape index (κ2) is 7.40. The zero-order valence-electron chi connectivity index (χ0n) is 15.3. The molecule has 28 heavy (non-hydrogen) atoms. The maximum atomic E-state index is 12.2. The summed E-state index contributed by atoms with van der Waals surface area (Å²) in [6.45, 7) is 4.56. The smallest absolute Gasteiger partial charge is 0.252 e. The van der Waals surface area contributed by atoms with Gasteiger partial charge in [0.2, 0.25) is 5.43 Å². The second-order valence-corrected chi connectivity index (χ2v) is 7.21. The minimum absolute atomic E-state index is 0.202. The van der Waals surface area contributed by atoms with E-state index in [4.69, 9.17) is 0 Å². The summed E-state index contributed by atoms with van der Waals surface area (Å²) in [5.74, 6) is 0. The highest BCUT2D eigenvalue weighted by Gasteiger charge is 2.26. The second-order valence-electron chi connectivity index (χ2n) is 6.14. The van der Waals surface area contributed by atoms with Crippen molar-refractivity contribution in [3.63, 3.8) is 0 Å². The molecule has 0 spiro atoms. The van der Waals surface area contributed by atoms with Crippen LogP contribution in [0.3, 0.4) is 0 Å². The number of fused-ring (bicyclic) bond motifs is 1. The fourth-order valence-electron chi connectivity index (χ4n) is 2.95. The number of anilines is 2. The molecule has 0 bridgehead atoms. The Morgan fingerprint density at radius 2 is 2.07 bits per heavy atom. The van der Waals surface area contributed by atoms with Crippen LogP contribution in [0.25, 0.3) is 6.08 Å². The molecule has 0 radical (unpaired) electrons. The number of hydrogen-bond acceptors (Lipinski definition) is 8. The summed E-state index contributed by atoms with van der Waals surface area (Å²) in [5.41, 5.74) is 4.47. The Bertz CT molecular complexity index is 1160. The van der Waals surface area contributed by atoms with Crippen molar-refractivity contribution in [2.45, 2.75) is 18.7 Å². The van der Waals surface area contributed by atoms with Gasteiger partial charge in [-0.2, -0.15) is 5.10 Å². The Labute approximate surface area is 165 Å². The van der Waals surface area contributed by atoms with Gasteiger partial charge in [-0.3, -0.25) is 25.0 Å². The van der Waals surface area contributed by atoms with E-state index >= 15 is 0 Å². The van der Waals surface area contributed by atoms with Crippen LogP contribution in [-0.4, -0.2) is 22.2 Å². The van der Waals surface area contributed by atoms with E-state index in [1.165, 1.54) is 0 Å². The zero-order valence-corrected chi connectivity index (χ0v) is 16.2. The predicted octanol–water partition coefficient (Wildman–Crippen LogP) is 2.84. The van der Waals surface area contributed by atoms with Crippen LogP contribution in [0.5, 0.6) is 0 Å². The molecule has 0 atom stereocenters. The number of benzene rings is 1. The van der Waals surface area contributed by atoms with Gasteiger partial charge in [0.15, 0.2) is 0 Å². The van der Waals surface area contributed by atoms with Crippen molar-refractivity contribution in [3.8, 4) is 0 Å². The van der Waals surface area contributed by atoms with Gasteiger partial charge in [0.05, 0.1) is 28.2 Å². The summed E-state index contributed by atoms with van der Waals surface area (Å²) < 4.78 is 0. The van der Waals surface area contributed by atoms with Gasteiger partial charge < -0.3 is 4.90 Å². The quantitative estimate of drug-likeness (QED) is 0.406. The molecule has 1 aliphatic heterocycles. The predicted molar refractivity (Wildman–Crippen MR) is 113 cm³/mol. The molecule has 0 fully saturated rings. The molecule has 1 N–H and O–H groups in total. The van der Waals surface area contributed by atoms with Crippen molar-refractivity contribution in [1.82, 2.24) is 9.97 Å². The highest BCUT2D eigenvalue weighted by molar-refractivity contribution is 8.03. The lowest BCUT2D eigenvalue weighted by Gasteiger charge is -2.18. The molecule has 2 heterocycles. The van der Waals surface area contributed by atoms with Gasteiger partial charge in [-0.25, -0.2) is 0 Å². The Kier molecular flexibility index (Phi) is 4.79. The van der Waals surface area contributed by atoms with Crippen molar-refractivity contribution in [2.75, 3.05) is 16.9 Å². The number of nitrogens with zero attached hydrogens (tertiary/aromatic N) is 4. The molecule has 1 aliphatic rings. The van der Waals surface area contributed by atoms with Crippen LogP contribution >= 0.6 is 11.8 Å². The van der Waals surface area contributed by atoms with E-state index in [2.05, 4.69) is 25.4 Å². The normalized spacial score (nSPS) is 15.3. The van der Waals surface area contributed by atoms with Crippen LogP contribution in [0.15, 0.2) is 67.5 Å². The van der Waals surface area contributed by atoms with Gasteiger partial charge in [-0.1, -0.05) is 23.9 Å². The van der Waals surface area contributed by atoms with Crippen molar-refractivity contribution in [1.29, 1.82) is 0 Å². The van der Waals surface area contributed by atoms with Crippen LogP contribution in [-0.2, 0) is 0 Å². The lowest BCUT2D eigenvalue weighted by Crippen LogP contribution is -2.36. The SMILES string of the molecule is CCN1C(=Cc2c(NN=C(C)c3cnccn3)c(=O)c2=O)Sc2ccccc21. The third-order valence-corrected chi connectivity index (χ3v) is 5.55. The number of para-hydroxylation sites is 1. The van der Waals surface area contributed by atoms with Crippen LogP contribution < -0.4 is 21.2 Å². The van der Waals surface area contributed by atoms with E-state index < -0.39 is 10.9 Å². The Morgan fingerprint density at radius 1 is 1.25 bits per heavy atom. The Hall–Kier alpha value is -3.26. The number of nitrogens with one attached hydrogen (secondary N) is 1. The molecule has 0 saturated heterocycles. The summed E-state index contributed by atoms with van der Waals surface area (Å²) in [6.07, 6.45) is 6.47. The third kappa shape index (κ3) is 3.11. The molecule has 7 nitrogen and oxygen atoms in total. The van der Waals surface area contributed by atoms with Crippen molar-refractivity contribution in [2.24, 2.45) is 5.10 Å². The van der Waals surface area contributed by atoms with Gasteiger partial charge in [0.25, 0.3) is 5.43 Å². The van der Waals surface area contributed by atoms with E-state index in [0.717, 1.165) is 22.2 Å². The van der Waals surface area contributed by atoms with Crippen molar-refractivity contribution >= 4 is 34.9 Å². The highest BCUT2D eigenvalue weighted by Crippen LogP contribution is 2.46. The summed E-state index contributed by atoms with van der Waals surface area (Å²) >= 11 is 1.58. The largest absolute Gasteiger partial charge is 0.335 e. The fraction of sp³-hybridized carbons (Fsp3) is 0.150. The first-order chi connectivity index (χ1) is 13.6. The van der Waals surface area contributed by atoms with E-state index in [9.17, 15) is 9.59 Å². The van der Waals surface area contributed by atoms with Gasteiger partial charge in [-0.15, -0.1) is 0 Å². The molecular weight excluding hydrogens is 374 g/mol. The fourth-order valence-corrected chi connectivity index (χ4v) is 4.12.